The molecular weight excluding hydrogens is 278 g/mol. The molecule has 1 aromatic carbocycles. The van der Waals surface area contributed by atoms with E-state index < -0.39 is 23.9 Å². The second-order valence-electron chi connectivity index (χ2n) is 5.63. The van der Waals surface area contributed by atoms with Crippen molar-refractivity contribution in [1.29, 1.82) is 0 Å². The molecule has 0 saturated carbocycles. The van der Waals surface area contributed by atoms with Gasteiger partial charge in [-0.25, -0.2) is 13.8 Å². The Morgan fingerprint density at radius 2 is 2.19 bits per heavy atom. The summed E-state index contributed by atoms with van der Waals surface area (Å²) in [5.41, 5.74) is 4.55. The number of halogens is 2. The fourth-order valence-electron chi connectivity index (χ4n) is 3.24. The number of aliphatic imine (C=N–C) groups is 1. The van der Waals surface area contributed by atoms with Crippen LogP contribution in [0.15, 0.2) is 29.3 Å². The summed E-state index contributed by atoms with van der Waals surface area (Å²) in [6.45, 7) is 1.33. The Morgan fingerprint density at radius 1 is 1.43 bits per heavy atom. The Kier molecular flexibility index (Phi) is 3.57. The van der Waals surface area contributed by atoms with Crippen LogP contribution in [0, 0.1) is 11.7 Å². The Balaban J connectivity index is 2.11. The minimum absolute atomic E-state index is 0.00455. The van der Waals surface area contributed by atoms with Crippen LogP contribution in [-0.2, 0) is 15.0 Å². The van der Waals surface area contributed by atoms with Crippen molar-refractivity contribution < 1.29 is 18.3 Å². The standard InChI is InChI=1S/C15H18F2N2O2/c1-9-6-13-11(7-20-9)15(8-16,19-14(18)21-13)10-4-2-3-5-12(10)17/h2-5,9,11,13H,6-8H2,1H3,(H2,18,19)/t9-,11+,13-,15-/m1/s1. The molecule has 114 valence electrons. The second-order valence-corrected chi connectivity index (χ2v) is 5.63. The molecule has 1 saturated heterocycles. The predicted octanol–water partition coefficient (Wildman–Crippen LogP) is 2.13. The lowest BCUT2D eigenvalue weighted by atomic mass is 9.73. The third-order valence-corrected chi connectivity index (χ3v) is 4.31. The SMILES string of the molecule is C[C@@H]1C[C@H]2OC(N)=N[C@](CF)(c3ccccc3F)[C@H]2CO1. The lowest BCUT2D eigenvalue weighted by Gasteiger charge is -2.46. The van der Waals surface area contributed by atoms with E-state index in [1.54, 1.807) is 18.2 Å². The summed E-state index contributed by atoms with van der Waals surface area (Å²) < 4.78 is 39.4. The van der Waals surface area contributed by atoms with Crippen LogP contribution in [0.1, 0.15) is 18.9 Å². The first-order valence-corrected chi connectivity index (χ1v) is 7.01. The van der Waals surface area contributed by atoms with Gasteiger partial charge in [0.15, 0.2) is 0 Å². The maximum absolute atomic E-state index is 14.2. The summed E-state index contributed by atoms with van der Waals surface area (Å²) in [6.07, 6.45) is 0.258. The molecule has 0 bridgehead atoms. The van der Waals surface area contributed by atoms with Gasteiger partial charge in [0.1, 0.15) is 24.1 Å². The van der Waals surface area contributed by atoms with Crippen LogP contribution < -0.4 is 5.73 Å². The Labute approximate surface area is 121 Å². The summed E-state index contributed by atoms with van der Waals surface area (Å²) in [4.78, 5) is 4.15. The predicted molar refractivity (Wildman–Crippen MR) is 74.1 cm³/mol. The van der Waals surface area contributed by atoms with E-state index in [1.807, 2.05) is 6.92 Å². The van der Waals surface area contributed by atoms with E-state index in [2.05, 4.69) is 4.99 Å². The van der Waals surface area contributed by atoms with Crippen molar-refractivity contribution in [3.05, 3.63) is 35.6 Å². The van der Waals surface area contributed by atoms with Gasteiger partial charge in [0.25, 0.3) is 6.02 Å². The van der Waals surface area contributed by atoms with Gasteiger partial charge in [-0.3, -0.25) is 0 Å². The van der Waals surface area contributed by atoms with Gasteiger partial charge >= 0.3 is 0 Å². The van der Waals surface area contributed by atoms with E-state index in [0.717, 1.165) is 0 Å². The summed E-state index contributed by atoms with van der Waals surface area (Å²) in [5.74, 6) is -0.895. The van der Waals surface area contributed by atoms with Crippen molar-refractivity contribution in [3.63, 3.8) is 0 Å². The molecule has 0 spiro atoms. The largest absolute Gasteiger partial charge is 0.462 e. The number of rotatable bonds is 2. The molecule has 0 radical (unpaired) electrons. The van der Waals surface area contributed by atoms with Crippen molar-refractivity contribution in [1.82, 2.24) is 0 Å². The normalized spacial score (nSPS) is 35.6. The van der Waals surface area contributed by atoms with Crippen LogP contribution in [0.25, 0.3) is 0 Å². The van der Waals surface area contributed by atoms with Gasteiger partial charge in [-0.1, -0.05) is 18.2 Å². The molecule has 2 heterocycles. The topological polar surface area (TPSA) is 56.8 Å². The Hall–Kier alpha value is -1.69. The number of amidine groups is 1. The average molecular weight is 296 g/mol. The molecule has 1 aromatic rings. The highest BCUT2D eigenvalue weighted by Crippen LogP contribution is 2.44. The zero-order valence-corrected chi connectivity index (χ0v) is 11.8. The lowest BCUT2D eigenvalue weighted by molar-refractivity contribution is -0.109. The number of ether oxygens (including phenoxy) is 2. The Morgan fingerprint density at radius 3 is 2.90 bits per heavy atom. The highest BCUT2D eigenvalue weighted by Gasteiger charge is 2.52. The first-order valence-electron chi connectivity index (χ1n) is 7.01. The summed E-state index contributed by atoms with van der Waals surface area (Å²) in [6, 6.07) is 5.99. The van der Waals surface area contributed by atoms with E-state index in [4.69, 9.17) is 15.2 Å². The number of alkyl halides is 1. The van der Waals surface area contributed by atoms with Gasteiger partial charge in [0.2, 0.25) is 0 Å². The van der Waals surface area contributed by atoms with Gasteiger partial charge in [-0.2, -0.15) is 0 Å². The van der Waals surface area contributed by atoms with Crippen molar-refractivity contribution >= 4 is 6.02 Å². The van der Waals surface area contributed by atoms with Gasteiger partial charge < -0.3 is 15.2 Å². The second kappa shape index (κ2) is 5.26. The smallest absolute Gasteiger partial charge is 0.283 e. The van der Waals surface area contributed by atoms with Crippen LogP contribution in [0.2, 0.25) is 0 Å². The van der Waals surface area contributed by atoms with Crippen molar-refractivity contribution in [2.75, 3.05) is 13.3 Å². The molecule has 2 aliphatic rings. The number of benzene rings is 1. The first-order chi connectivity index (χ1) is 10.1. The molecule has 0 unspecified atom stereocenters. The zero-order valence-electron chi connectivity index (χ0n) is 11.8. The monoisotopic (exact) mass is 296 g/mol. The molecule has 4 atom stereocenters. The molecule has 0 aliphatic carbocycles. The number of nitrogens with zero attached hydrogens (tertiary/aromatic N) is 1. The van der Waals surface area contributed by atoms with Crippen molar-refractivity contribution in [2.45, 2.75) is 31.1 Å². The lowest BCUT2D eigenvalue weighted by Crippen LogP contribution is -2.55. The van der Waals surface area contributed by atoms with Crippen LogP contribution in [-0.4, -0.2) is 31.5 Å². The van der Waals surface area contributed by atoms with E-state index in [9.17, 15) is 8.78 Å². The maximum atomic E-state index is 14.2. The zero-order chi connectivity index (χ0) is 15.0. The van der Waals surface area contributed by atoms with Gasteiger partial charge in [0.05, 0.1) is 18.6 Å². The number of hydrogen-bond acceptors (Lipinski definition) is 4. The highest BCUT2D eigenvalue weighted by molar-refractivity contribution is 5.73. The molecule has 3 rings (SSSR count). The molecule has 2 N–H and O–H groups in total. The molecule has 4 nitrogen and oxygen atoms in total. The number of nitrogens with two attached hydrogens (primary N) is 1. The maximum Gasteiger partial charge on any atom is 0.283 e. The molecular formula is C15H18F2N2O2. The third kappa shape index (κ3) is 2.27. The van der Waals surface area contributed by atoms with E-state index in [0.29, 0.717) is 6.42 Å². The fourth-order valence-corrected chi connectivity index (χ4v) is 3.24. The molecule has 6 heteroatoms. The highest BCUT2D eigenvalue weighted by atomic mass is 19.1. The number of fused-ring (bicyclic) bond motifs is 1. The van der Waals surface area contributed by atoms with Crippen LogP contribution in [0.3, 0.4) is 0 Å². The van der Waals surface area contributed by atoms with E-state index in [1.165, 1.54) is 6.07 Å². The summed E-state index contributed by atoms with van der Waals surface area (Å²) in [5, 5.41) is 0. The number of hydrogen-bond donors (Lipinski definition) is 1. The van der Waals surface area contributed by atoms with Crippen LogP contribution in [0.4, 0.5) is 8.78 Å². The molecule has 0 amide bonds. The average Bonchev–Trinajstić information content (AvgIpc) is 2.46. The quantitative estimate of drug-likeness (QED) is 0.909. The van der Waals surface area contributed by atoms with Crippen LogP contribution >= 0.6 is 0 Å². The Bertz CT molecular complexity index is 566. The minimum Gasteiger partial charge on any atom is -0.462 e. The minimum atomic E-state index is -1.38. The third-order valence-electron chi connectivity index (χ3n) is 4.31. The van der Waals surface area contributed by atoms with Crippen molar-refractivity contribution in [3.8, 4) is 0 Å². The van der Waals surface area contributed by atoms with E-state index >= 15 is 0 Å². The molecule has 21 heavy (non-hydrogen) atoms. The molecule has 1 fully saturated rings. The summed E-state index contributed by atoms with van der Waals surface area (Å²) in [7, 11) is 0. The van der Waals surface area contributed by atoms with Crippen molar-refractivity contribution in [2.24, 2.45) is 16.6 Å². The van der Waals surface area contributed by atoms with Gasteiger partial charge in [-0.15, -0.1) is 0 Å². The van der Waals surface area contributed by atoms with Gasteiger partial charge in [0, 0.05) is 12.0 Å². The first kappa shape index (κ1) is 14.3. The van der Waals surface area contributed by atoms with Crippen LogP contribution in [0.5, 0.6) is 0 Å². The fraction of sp³-hybridized carbons (Fsp3) is 0.533. The summed E-state index contributed by atoms with van der Waals surface area (Å²) >= 11 is 0. The molecule has 2 aliphatic heterocycles. The van der Waals surface area contributed by atoms with E-state index in [-0.39, 0.29) is 30.4 Å². The van der Waals surface area contributed by atoms with Gasteiger partial charge in [-0.05, 0) is 13.0 Å². The molecule has 0 aromatic heterocycles.